The Morgan fingerprint density at radius 3 is 2.94 bits per heavy atom. The van der Waals surface area contributed by atoms with E-state index in [1.807, 2.05) is 0 Å². The first kappa shape index (κ1) is 13.7. The second kappa shape index (κ2) is 5.96. The molecule has 1 aromatic heterocycles. The summed E-state index contributed by atoms with van der Waals surface area (Å²) in [5.74, 6) is 0.744. The van der Waals surface area contributed by atoms with Gasteiger partial charge in [0, 0.05) is 28.5 Å². The summed E-state index contributed by atoms with van der Waals surface area (Å²) in [6.45, 7) is 1.07. The van der Waals surface area contributed by atoms with E-state index in [2.05, 4.69) is 34.6 Å². The predicted molar refractivity (Wildman–Crippen MR) is 79.9 cm³/mol. The second-order valence-electron chi connectivity index (χ2n) is 4.65. The van der Waals surface area contributed by atoms with Crippen LogP contribution < -0.4 is 5.32 Å². The highest BCUT2D eigenvalue weighted by atomic mass is 35.5. The third-order valence-corrected chi connectivity index (χ3v) is 3.85. The van der Waals surface area contributed by atoms with Crippen molar-refractivity contribution in [3.8, 4) is 0 Å². The molecule has 18 heavy (non-hydrogen) atoms. The molecular formula is C14H18Cl2N2. The van der Waals surface area contributed by atoms with Gasteiger partial charge in [0.2, 0.25) is 0 Å². The van der Waals surface area contributed by atoms with E-state index in [0.717, 1.165) is 31.7 Å². The van der Waals surface area contributed by atoms with E-state index in [1.165, 1.54) is 22.2 Å². The van der Waals surface area contributed by atoms with Gasteiger partial charge < -0.3 is 10.3 Å². The Morgan fingerprint density at radius 1 is 1.28 bits per heavy atom. The zero-order valence-corrected chi connectivity index (χ0v) is 11.8. The standard InChI is InChI=1S/C14H17ClN2.ClH/c15-8-3-6-13-14-11(7-9-16-13)10-4-1-2-5-12(10)17-14;/h1-2,4-5,13,16-17H,3,6-9H2;1H. The van der Waals surface area contributed by atoms with Crippen LogP contribution in [0, 0.1) is 0 Å². The summed E-state index contributed by atoms with van der Waals surface area (Å²) in [4.78, 5) is 3.57. The molecule has 0 fully saturated rings. The summed E-state index contributed by atoms with van der Waals surface area (Å²) in [5, 5.41) is 4.97. The monoisotopic (exact) mass is 284 g/mol. The summed E-state index contributed by atoms with van der Waals surface area (Å²) >= 11 is 5.79. The van der Waals surface area contributed by atoms with Gasteiger partial charge in [-0.05, 0) is 37.4 Å². The Bertz CT molecular complexity index is 521. The quantitative estimate of drug-likeness (QED) is 0.825. The van der Waals surface area contributed by atoms with Crippen molar-refractivity contribution in [3.63, 3.8) is 0 Å². The maximum absolute atomic E-state index is 5.79. The van der Waals surface area contributed by atoms with E-state index in [1.54, 1.807) is 0 Å². The van der Waals surface area contributed by atoms with Gasteiger partial charge in [-0.3, -0.25) is 0 Å². The molecule has 0 radical (unpaired) electrons. The highest BCUT2D eigenvalue weighted by molar-refractivity contribution is 6.17. The average Bonchev–Trinajstić information content (AvgIpc) is 2.75. The van der Waals surface area contributed by atoms with Crippen molar-refractivity contribution < 1.29 is 0 Å². The normalized spacial score (nSPS) is 18.4. The number of para-hydroxylation sites is 1. The molecule has 0 saturated heterocycles. The Hall–Kier alpha value is -0.700. The molecule has 98 valence electrons. The van der Waals surface area contributed by atoms with Crippen molar-refractivity contribution in [3.05, 3.63) is 35.5 Å². The first-order valence-electron chi connectivity index (χ1n) is 6.29. The van der Waals surface area contributed by atoms with Crippen molar-refractivity contribution in [2.75, 3.05) is 12.4 Å². The van der Waals surface area contributed by atoms with Crippen molar-refractivity contribution in [2.24, 2.45) is 0 Å². The summed E-state index contributed by atoms with van der Waals surface area (Å²) in [7, 11) is 0. The van der Waals surface area contributed by atoms with Crippen LogP contribution in [0.5, 0.6) is 0 Å². The fraction of sp³-hybridized carbons (Fsp3) is 0.429. The predicted octanol–water partition coefficient (Wildman–Crippen LogP) is 3.80. The van der Waals surface area contributed by atoms with Crippen LogP contribution in [0.15, 0.2) is 24.3 Å². The van der Waals surface area contributed by atoms with Crippen LogP contribution in [0.1, 0.15) is 30.1 Å². The lowest BCUT2D eigenvalue weighted by atomic mass is 9.97. The van der Waals surface area contributed by atoms with E-state index in [-0.39, 0.29) is 12.4 Å². The van der Waals surface area contributed by atoms with E-state index in [9.17, 15) is 0 Å². The number of nitrogens with one attached hydrogen (secondary N) is 2. The molecule has 2 nitrogen and oxygen atoms in total. The zero-order chi connectivity index (χ0) is 11.7. The highest BCUT2D eigenvalue weighted by Crippen LogP contribution is 2.31. The Kier molecular flexibility index (Phi) is 4.55. The molecule has 0 spiro atoms. The number of rotatable bonds is 3. The third kappa shape index (κ3) is 2.37. The van der Waals surface area contributed by atoms with E-state index in [0.29, 0.717) is 6.04 Å². The number of fused-ring (bicyclic) bond motifs is 3. The molecule has 0 bridgehead atoms. The fourth-order valence-corrected chi connectivity index (χ4v) is 2.94. The number of hydrogen-bond acceptors (Lipinski definition) is 1. The highest BCUT2D eigenvalue weighted by Gasteiger charge is 2.22. The second-order valence-corrected chi connectivity index (χ2v) is 5.03. The minimum atomic E-state index is 0. The van der Waals surface area contributed by atoms with Gasteiger partial charge in [0.05, 0.1) is 0 Å². The molecule has 1 atom stereocenters. The number of aromatic amines is 1. The molecule has 0 saturated carbocycles. The van der Waals surface area contributed by atoms with Gasteiger partial charge in [-0.2, -0.15) is 0 Å². The van der Waals surface area contributed by atoms with Gasteiger partial charge in [0.1, 0.15) is 0 Å². The van der Waals surface area contributed by atoms with Crippen molar-refractivity contribution in [1.29, 1.82) is 0 Å². The lowest BCUT2D eigenvalue weighted by molar-refractivity contribution is 0.465. The summed E-state index contributed by atoms with van der Waals surface area (Å²) < 4.78 is 0. The zero-order valence-electron chi connectivity index (χ0n) is 10.2. The third-order valence-electron chi connectivity index (χ3n) is 3.59. The van der Waals surface area contributed by atoms with Crippen molar-refractivity contribution in [1.82, 2.24) is 10.3 Å². The van der Waals surface area contributed by atoms with Crippen LogP contribution in [0.3, 0.4) is 0 Å². The Balaban J connectivity index is 0.00000120. The largest absolute Gasteiger partial charge is 0.357 e. The van der Waals surface area contributed by atoms with Crippen LogP contribution >= 0.6 is 24.0 Å². The molecular weight excluding hydrogens is 267 g/mol. The molecule has 3 rings (SSSR count). The van der Waals surface area contributed by atoms with Crippen molar-refractivity contribution >= 4 is 34.9 Å². The number of H-pyrrole nitrogens is 1. The summed E-state index contributed by atoms with van der Waals surface area (Å²) in [6.07, 6.45) is 3.30. The lowest BCUT2D eigenvalue weighted by Gasteiger charge is -2.24. The SMILES string of the molecule is Cl.ClCCCC1NCCc2c1[nH]c1ccccc21. The van der Waals surface area contributed by atoms with Crippen LogP contribution in [-0.4, -0.2) is 17.4 Å². The number of aromatic nitrogens is 1. The Morgan fingerprint density at radius 2 is 2.11 bits per heavy atom. The average molecular weight is 285 g/mol. The van der Waals surface area contributed by atoms with Gasteiger partial charge in [-0.15, -0.1) is 24.0 Å². The molecule has 2 N–H and O–H groups in total. The maximum Gasteiger partial charge on any atom is 0.0476 e. The number of halogens is 2. The van der Waals surface area contributed by atoms with Gasteiger partial charge in [0.15, 0.2) is 0 Å². The molecule has 4 heteroatoms. The van der Waals surface area contributed by atoms with Crippen molar-refractivity contribution in [2.45, 2.75) is 25.3 Å². The molecule has 1 aliphatic heterocycles. The van der Waals surface area contributed by atoms with E-state index < -0.39 is 0 Å². The van der Waals surface area contributed by atoms with Gasteiger partial charge in [-0.1, -0.05) is 18.2 Å². The van der Waals surface area contributed by atoms with Crippen LogP contribution in [0.2, 0.25) is 0 Å². The van der Waals surface area contributed by atoms with Crippen LogP contribution in [0.4, 0.5) is 0 Å². The number of hydrogen-bond donors (Lipinski definition) is 2. The lowest BCUT2D eigenvalue weighted by Crippen LogP contribution is -2.29. The van der Waals surface area contributed by atoms with E-state index in [4.69, 9.17) is 11.6 Å². The number of benzene rings is 1. The smallest absolute Gasteiger partial charge is 0.0476 e. The maximum atomic E-state index is 5.79. The first-order chi connectivity index (χ1) is 8.40. The fourth-order valence-electron chi connectivity index (χ4n) is 2.79. The molecule has 1 aromatic carbocycles. The van der Waals surface area contributed by atoms with E-state index >= 15 is 0 Å². The molecule has 1 unspecified atom stereocenters. The topological polar surface area (TPSA) is 27.8 Å². The van der Waals surface area contributed by atoms with Crippen LogP contribution in [-0.2, 0) is 6.42 Å². The minimum Gasteiger partial charge on any atom is -0.357 e. The van der Waals surface area contributed by atoms with Crippen LogP contribution in [0.25, 0.3) is 10.9 Å². The minimum absolute atomic E-state index is 0. The molecule has 2 aromatic rings. The number of alkyl halides is 1. The molecule has 0 amide bonds. The molecule has 1 aliphatic rings. The van der Waals surface area contributed by atoms with Gasteiger partial charge in [0.25, 0.3) is 0 Å². The summed E-state index contributed by atoms with van der Waals surface area (Å²) in [6, 6.07) is 9.03. The Labute approximate surface area is 119 Å². The molecule has 2 heterocycles. The molecule has 0 aliphatic carbocycles. The first-order valence-corrected chi connectivity index (χ1v) is 6.82. The summed E-state index contributed by atoms with van der Waals surface area (Å²) in [5.41, 5.74) is 4.14. The van der Waals surface area contributed by atoms with Gasteiger partial charge in [-0.25, -0.2) is 0 Å². The van der Waals surface area contributed by atoms with Gasteiger partial charge >= 0.3 is 0 Å².